The molecule has 4 heterocycles. The minimum absolute atomic E-state index is 0.0791. The summed E-state index contributed by atoms with van der Waals surface area (Å²) in [5, 5.41) is 12.2. The largest absolute Gasteiger partial charge is 0.405 e. The van der Waals surface area contributed by atoms with Gasteiger partial charge in [-0.25, -0.2) is 9.50 Å². The van der Waals surface area contributed by atoms with Crippen LogP contribution in [-0.4, -0.2) is 58.0 Å². The zero-order valence-corrected chi connectivity index (χ0v) is 16.5. The SMILES string of the molecule is CN1CC(c2cnc3c(-c4cc(C(=O)NCC(F)(F)F)sc4Cl)cnn3c2)C=N1. The molecule has 152 valence electrons. The smallest absolute Gasteiger partial charge is 0.342 e. The van der Waals surface area contributed by atoms with Crippen molar-refractivity contribution in [2.45, 2.75) is 12.1 Å². The molecule has 0 saturated carbocycles. The summed E-state index contributed by atoms with van der Waals surface area (Å²) in [6, 6.07) is 1.45. The molecule has 3 aromatic heterocycles. The van der Waals surface area contributed by atoms with Gasteiger partial charge in [0.05, 0.1) is 11.1 Å². The Morgan fingerprint density at radius 1 is 1.38 bits per heavy atom. The summed E-state index contributed by atoms with van der Waals surface area (Å²) < 4.78 is 38.8. The van der Waals surface area contributed by atoms with E-state index in [1.54, 1.807) is 16.9 Å². The molecule has 1 aliphatic rings. The average Bonchev–Trinajstić information content (AvgIpc) is 3.36. The number of thiophene rings is 1. The van der Waals surface area contributed by atoms with E-state index in [1.165, 1.54) is 6.07 Å². The fraction of sp³-hybridized carbons (Fsp3) is 0.294. The quantitative estimate of drug-likeness (QED) is 0.672. The van der Waals surface area contributed by atoms with E-state index in [4.69, 9.17) is 11.6 Å². The van der Waals surface area contributed by atoms with E-state index in [1.807, 2.05) is 29.8 Å². The summed E-state index contributed by atoms with van der Waals surface area (Å²) in [4.78, 5) is 16.5. The number of hydrogen-bond donors (Lipinski definition) is 1. The van der Waals surface area contributed by atoms with Crippen molar-refractivity contribution in [3.8, 4) is 11.1 Å². The highest BCUT2D eigenvalue weighted by molar-refractivity contribution is 7.18. The molecule has 1 atom stereocenters. The first kappa shape index (κ1) is 19.6. The molecule has 0 aromatic carbocycles. The Morgan fingerprint density at radius 2 is 2.17 bits per heavy atom. The predicted molar refractivity (Wildman–Crippen MR) is 104 cm³/mol. The van der Waals surface area contributed by atoms with Crippen molar-refractivity contribution in [3.63, 3.8) is 0 Å². The molecular formula is C17H14ClF3N6OS. The van der Waals surface area contributed by atoms with Gasteiger partial charge in [-0.1, -0.05) is 11.6 Å². The maximum Gasteiger partial charge on any atom is 0.405 e. The monoisotopic (exact) mass is 442 g/mol. The lowest BCUT2D eigenvalue weighted by Gasteiger charge is -2.10. The number of nitrogens with zero attached hydrogens (tertiary/aromatic N) is 5. The average molecular weight is 443 g/mol. The van der Waals surface area contributed by atoms with Crippen molar-refractivity contribution in [3.05, 3.63) is 39.4 Å². The number of hydrogen-bond acceptors (Lipinski definition) is 6. The first-order chi connectivity index (χ1) is 13.7. The Hall–Kier alpha value is -2.66. The lowest BCUT2D eigenvalue weighted by atomic mass is 10.1. The van der Waals surface area contributed by atoms with Crippen LogP contribution in [0.5, 0.6) is 0 Å². The number of amides is 1. The molecule has 0 spiro atoms. The van der Waals surface area contributed by atoms with E-state index in [9.17, 15) is 18.0 Å². The van der Waals surface area contributed by atoms with Crippen molar-refractivity contribution in [2.75, 3.05) is 20.1 Å². The van der Waals surface area contributed by atoms with Gasteiger partial charge < -0.3 is 5.32 Å². The van der Waals surface area contributed by atoms with E-state index in [0.717, 1.165) is 23.4 Å². The summed E-state index contributed by atoms with van der Waals surface area (Å²) in [6.07, 6.45) is 2.50. The topological polar surface area (TPSA) is 74.9 Å². The number of alkyl halides is 3. The highest BCUT2D eigenvalue weighted by Gasteiger charge is 2.28. The van der Waals surface area contributed by atoms with E-state index in [-0.39, 0.29) is 15.1 Å². The van der Waals surface area contributed by atoms with Gasteiger partial charge in [-0.15, -0.1) is 11.3 Å². The molecule has 0 bridgehead atoms. The van der Waals surface area contributed by atoms with Gasteiger partial charge in [0.2, 0.25) is 0 Å². The Bertz CT molecular complexity index is 1110. The van der Waals surface area contributed by atoms with Crippen LogP contribution in [0.2, 0.25) is 4.34 Å². The van der Waals surface area contributed by atoms with Gasteiger partial charge >= 0.3 is 6.18 Å². The van der Waals surface area contributed by atoms with Crippen molar-refractivity contribution >= 4 is 40.7 Å². The van der Waals surface area contributed by atoms with Crippen molar-refractivity contribution in [2.24, 2.45) is 5.10 Å². The summed E-state index contributed by atoms with van der Waals surface area (Å²) in [7, 11) is 1.88. The fourth-order valence-electron chi connectivity index (χ4n) is 2.97. The van der Waals surface area contributed by atoms with Crippen LogP contribution < -0.4 is 5.32 Å². The normalized spacial score (nSPS) is 16.7. The van der Waals surface area contributed by atoms with Crippen LogP contribution in [0.15, 0.2) is 29.8 Å². The maximum absolute atomic E-state index is 12.3. The van der Waals surface area contributed by atoms with Gasteiger partial charge in [0.1, 0.15) is 10.9 Å². The van der Waals surface area contributed by atoms with Crippen molar-refractivity contribution in [1.82, 2.24) is 24.9 Å². The number of carbonyl (C=O) groups is 1. The summed E-state index contributed by atoms with van der Waals surface area (Å²) >= 11 is 7.15. The molecule has 3 aromatic rings. The van der Waals surface area contributed by atoms with Crippen LogP contribution in [0.3, 0.4) is 0 Å². The summed E-state index contributed by atoms with van der Waals surface area (Å²) in [5.41, 5.74) is 2.55. The minimum atomic E-state index is -4.48. The predicted octanol–water partition coefficient (Wildman–Crippen LogP) is 3.42. The second-order valence-electron chi connectivity index (χ2n) is 6.52. The van der Waals surface area contributed by atoms with Crippen LogP contribution >= 0.6 is 22.9 Å². The van der Waals surface area contributed by atoms with Gasteiger partial charge in [-0.3, -0.25) is 9.80 Å². The third kappa shape index (κ3) is 4.06. The van der Waals surface area contributed by atoms with Gasteiger partial charge in [-0.2, -0.15) is 23.4 Å². The van der Waals surface area contributed by atoms with Crippen LogP contribution in [0, 0.1) is 0 Å². The minimum Gasteiger partial charge on any atom is -0.342 e. The number of likely N-dealkylation sites (N-methyl/N-ethyl adjacent to an activating group) is 1. The molecule has 7 nitrogen and oxygen atoms in total. The molecule has 1 N–H and O–H groups in total. The van der Waals surface area contributed by atoms with Crippen LogP contribution in [-0.2, 0) is 0 Å². The Morgan fingerprint density at radius 3 is 2.86 bits per heavy atom. The molecule has 29 heavy (non-hydrogen) atoms. The van der Waals surface area contributed by atoms with Gasteiger partial charge in [0.25, 0.3) is 5.91 Å². The second kappa shape index (κ2) is 7.30. The number of nitrogens with one attached hydrogen (secondary N) is 1. The molecule has 0 aliphatic carbocycles. The molecule has 12 heteroatoms. The number of halogens is 4. The fourth-order valence-corrected chi connectivity index (χ4v) is 4.19. The molecule has 0 saturated heterocycles. The first-order valence-corrected chi connectivity index (χ1v) is 9.64. The van der Waals surface area contributed by atoms with Gasteiger partial charge in [0, 0.05) is 49.2 Å². The van der Waals surface area contributed by atoms with E-state index >= 15 is 0 Å². The van der Waals surface area contributed by atoms with Gasteiger partial charge in [-0.05, 0) is 11.6 Å². The number of hydrazone groups is 1. The summed E-state index contributed by atoms with van der Waals surface area (Å²) in [6.45, 7) is -0.661. The molecule has 1 unspecified atom stereocenters. The zero-order valence-electron chi connectivity index (χ0n) is 14.9. The molecule has 0 radical (unpaired) electrons. The maximum atomic E-state index is 12.3. The first-order valence-electron chi connectivity index (χ1n) is 8.44. The molecule has 4 rings (SSSR count). The van der Waals surface area contributed by atoms with Crippen LogP contribution in [0.4, 0.5) is 13.2 Å². The summed E-state index contributed by atoms with van der Waals surface area (Å²) in [5.74, 6) is -0.727. The zero-order chi connectivity index (χ0) is 20.8. The highest BCUT2D eigenvalue weighted by atomic mass is 35.5. The third-order valence-corrected chi connectivity index (χ3v) is 5.72. The number of rotatable bonds is 4. The van der Waals surface area contributed by atoms with E-state index in [0.29, 0.717) is 16.8 Å². The molecule has 1 aliphatic heterocycles. The standard InChI is InChI=1S/C17H14ClF3N6OS/c1-26-6-10(4-24-26)9-3-22-15-12(5-25-27(15)7-9)11-2-13(29-14(11)18)16(28)23-8-17(19,20)21/h2-5,7,10H,6,8H2,1H3,(H,23,28). The van der Waals surface area contributed by atoms with E-state index in [2.05, 4.69) is 15.2 Å². The third-order valence-electron chi connectivity index (χ3n) is 4.36. The van der Waals surface area contributed by atoms with Crippen LogP contribution in [0.1, 0.15) is 21.2 Å². The Labute approximate surface area is 171 Å². The molecular weight excluding hydrogens is 429 g/mol. The van der Waals surface area contributed by atoms with Crippen molar-refractivity contribution < 1.29 is 18.0 Å². The van der Waals surface area contributed by atoms with Crippen LogP contribution in [0.25, 0.3) is 16.8 Å². The number of carbonyl (C=O) groups excluding carboxylic acids is 1. The molecule has 1 amide bonds. The lowest BCUT2D eigenvalue weighted by Crippen LogP contribution is -2.33. The number of aromatic nitrogens is 3. The van der Waals surface area contributed by atoms with E-state index < -0.39 is 18.6 Å². The second-order valence-corrected chi connectivity index (χ2v) is 8.18. The number of fused-ring (bicyclic) bond motifs is 1. The van der Waals surface area contributed by atoms with Gasteiger partial charge in [0.15, 0.2) is 5.65 Å². The Balaban J connectivity index is 1.61. The molecule has 0 fully saturated rings. The van der Waals surface area contributed by atoms with Crippen molar-refractivity contribution in [1.29, 1.82) is 0 Å². The highest BCUT2D eigenvalue weighted by Crippen LogP contribution is 2.37. The lowest BCUT2D eigenvalue weighted by molar-refractivity contribution is -0.123. The Kier molecular flexibility index (Phi) is 4.95.